The second-order valence-corrected chi connectivity index (χ2v) is 7.70. The van der Waals surface area contributed by atoms with Crippen LogP contribution in [0, 0.1) is 6.92 Å². The van der Waals surface area contributed by atoms with Gasteiger partial charge in [-0.25, -0.2) is 4.98 Å². The van der Waals surface area contributed by atoms with Crippen LogP contribution >= 0.6 is 22.9 Å². The summed E-state index contributed by atoms with van der Waals surface area (Å²) in [6.45, 7) is 2.01. The molecule has 0 aliphatic heterocycles. The Bertz CT molecular complexity index is 1140. The van der Waals surface area contributed by atoms with Crippen LogP contribution in [0.25, 0.3) is 32.0 Å². The van der Waals surface area contributed by atoms with Gasteiger partial charge in [-0.3, -0.25) is 0 Å². The van der Waals surface area contributed by atoms with Gasteiger partial charge >= 0.3 is 0 Å². The monoisotopic (exact) mass is 414 g/mol. The number of nitrogens with one attached hydrogen (secondary N) is 1. The van der Waals surface area contributed by atoms with E-state index in [1.54, 1.807) is 32.7 Å². The van der Waals surface area contributed by atoms with Crippen molar-refractivity contribution in [2.75, 3.05) is 21.3 Å². The third kappa shape index (κ3) is 3.19. The fourth-order valence-corrected chi connectivity index (χ4v) is 4.41. The number of aromatic amines is 1. The zero-order chi connectivity index (χ0) is 19.8. The van der Waals surface area contributed by atoms with Crippen LogP contribution in [0.5, 0.6) is 17.2 Å². The van der Waals surface area contributed by atoms with E-state index in [4.69, 9.17) is 30.8 Å². The van der Waals surface area contributed by atoms with Crippen molar-refractivity contribution in [3.05, 3.63) is 47.1 Å². The van der Waals surface area contributed by atoms with E-state index in [1.165, 1.54) is 0 Å². The van der Waals surface area contributed by atoms with Gasteiger partial charge in [0.2, 0.25) is 5.75 Å². The highest BCUT2D eigenvalue weighted by molar-refractivity contribution is 7.18. The quantitative estimate of drug-likeness (QED) is 0.438. The lowest BCUT2D eigenvalue weighted by molar-refractivity contribution is 0.324. The number of methoxy groups -OCH3 is 3. The molecule has 0 spiro atoms. The number of nitrogens with zero attached hydrogens (tertiary/aromatic N) is 1. The van der Waals surface area contributed by atoms with E-state index >= 15 is 0 Å². The molecule has 2 aromatic heterocycles. The average Bonchev–Trinajstić information content (AvgIpc) is 3.29. The minimum Gasteiger partial charge on any atom is -0.493 e. The van der Waals surface area contributed by atoms with Crippen molar-refractivity contribution in [1.29, 1.82) is 0 Å². The normalized spacial score (nSPS) is 11.0. The molecule has 4 aromatic rings. The molecular weight excluding hydrogens is 396 g/mol. The van der Waals surface area contributed by atoms with Crippen LogP contribution in [0.15, 0.2) is 36.4 Å². The number of rotatable bonds is 5. The Hall–Kier alpha value is -2.70. The maximum absolute atomic E-state index is 6.11. The first-order chi connectivity index (χ1) is 13.5. The van der Waals surface area contributed by atoms with Crippen LogP contribution in [-0.2, 0) is 0 Å². The van der Waals surface area contributed by atoms with Gasteiger partial charge in [-0.05, 0) is 43.3 Å². The molecule has 0 amide bonds. The van der Waals surface area contributed by atoms with Crippen LogP contribution < -0.4 is 14.2 Å². The van der Waals surface area contributed by atoms with E-state index < -0.39 is 0 Å². The van der Waals surface area contributed by atoms with Gasteiger partial charge in [0.25, 0.3) is 0 Å². The molecular formula is C21H19ClN2O3S. The van der Waals surface area contributed by atoms with Crippen LogP contribution in [0.3, 0.4) is 0 Å². The van der Waals surface area contributed by atoms with Gasteiger partial charge in [-0.15, -0.1) is 11.3 Å². The minimum atomic E-state index is 0.565. The van der Waals surface area contributed by atoms with Crippen LogP contribution in [0.4, 0.5) is 0 Å². The first kappa shape index (κ1) is 18.7. The minimum absolute atomic E-state index is 0.565. The lowest BCUT2D eigenvalue weighted by Gasteiger charge is -2.13. The fraction of sp³-hybridized carbons (Fsp3) is 0.190. The molecule has 0 aliphatic rings. The number of ether oxygens (including phenoxy) is 3. The highest BCUT2D eigenvalue weighted by Gasteiger charge is 2.18. The molecule has 0 fully saturated rings. The van der Waals surface area contributed by atoms with Gasteiger partial charge in [0.05, 0.1) is 37.6 Å². The topological polar surface area (TPSA) is 56.4 Å². The van der Waals surface area contributed by atoms with Crippen LogP contribution in [0.1, 0.15) is 5.69 Å². The summed E-state index contributed by atoms with van der Waals surface area (Å²) in [6, 6.07) is 11.7. The average molecular weight is 415 g/mol. The number of thiazole rings is 1. The molecule has 28 heavy (non-hydrogen) atoms. The van der Waals surface area contributed by atoms with E-state index in [0.29, 0.717) is 17.2 Å². The number of benzene rings is 2. The summed E-state index contributed by atoms with van der Waals surface area (Å²) >= 11 is 7.72. The Morgan fingerprint density at radius 2 is 1.68 bits per heavy atom. The first-order valence-corrected chi connectivity index (χ1v) is 9.80. The van der Waals surface area contributed by atoms with Crippen LogP contribution in [0.2, 0.25) is 5.02 Å². The summed E-state index contributed by atoms with van der Waals surface area (Å²) in [5, 5.41) is 2.67. The van der Waals surface area contributed by atoms with E-state index in [1.807, 2.05) is 37.3 Å². The van der Waals surface area contributed by atoms with Crippen molar-refractivity contribution in [3.8, 4) is 38.4 Å². The predicted molar refractivity (Wildman–Crippen MR) is 114 cm³/mol. The molecule has 0 saturated carbocycles. The standard InChI is InChI=1S/C21H19ClN2O3S/c1-11-20(16-8-12-7-14(22)5-6-15(12)24-16)28-21(23-11)13-9-17(25-2)19(27-4)18(10-13)26-3/h5-10,24H,1-4H3. The number of aryl methyl sites for hydroxylation is 1. The predicted octanol–water partition coefficient (Wildman–Crippen LogP) is 5.95. The molecule has 0 atom stereocenters. The van der Waals surface area contributed by atoms with E-state index in [2.05, 4.69) is 11.1 Å². The van der Waals surface area contributed by atoms with Gasteiger partial charge in [-0.1, -0.05) is 11.6 Å². The zero-order valence-electron chi connectivity index (χ0n) is 15.9. The maximum Gasteiger partial charge on any atom is 0.203 e. The van der Waals surface area contributed by atoms with Gasteiger partial charge < -0.3 is 19.2 Å². The second kappa shape index (κ2) is 7.37. The van der Waals surface area contributed by atoms with Gasteiger partial charge in [-0.2, -0.15) is 0 Å². The molecule has 0 saturated heterocycles. The van der Waals surface area contributed by atoms with Crippen molar-refractivity contribution in [1.82, 2.24) is 9.97 Å². The summed E-state index contributed by atoms with van der Waals surface area (Å²) in [5.41, 5.74) is 3.92. The van der Waals surface area contributed by atoms with Crippen molar-refractivity contribution in [2.24, 2.45) is 0 Å². The molecule has 144 valence electrons. The van der Waals surface area contributed by atoms with E-state index in [-0.39, 0.29) is 0 Å². The van der Waals surface area contributed by atoms with Crippen molar-refractivity contribution < 1.29 is 14.2 Å². The zero-order valence-corrected chi connectivity index (χ0v) is 17.5. The summed E-state index contributed by atoms with van der Waals surface area (Å²) in [7, 11) is 4.80. The number of halogens is 1. The smallest absolute Gasteiger partial charge is 0.203 e. The number of hydrogen-bond donors (Lipinski definition) is 1. The Labute approximate surface area is 171 Å². The number of hydrogen-bond acceptors (Lipinski definition) is 5. The summed E-state index contributed by atoms with van der Waals surface area (Å²) in [4.78, 5) is 9.30. The lowest BCUT2D eigenvalue weighted by Crippen LogP contribution is -1.95. The maximum atomic E-state index is 6.11. The third-order valence-electron chi connectivity index (χ3n) is 4.54. The van der Waals surface area contributed by atoms with Crippen LogP contribution in [-0.4, -0.2) is 31.3 Å². The van der Waals surface area contributed by atoms with Gasteiger partial charge in [0.1, 0.15) is 5.01 Å². The molecule has 2 aromatic carbocycles. The van der Waals surface area contributed by atoms with Gasteiger partial charge in [0, 0.05) is 21.5 Å². The Balaban J connectivity index is 1.81. The molecule has 0 aliphatic carbocycles. The molecule has 1 N–H and O–H groups in total. The number of H-pyrrole nitrogens is 1. The van der Waals surface area contributed by atoms with Gasteiger partial charge in [0.15, 0.2) is 11.5 Å². The Kier molecular flexibility index (Phi) is 4.91. The van der Waals surface area contributed by atoms with E-state index in [9.17, 15) is 0 Å². The SMILES string of the molecule is COc1cc(-c2nc(C)c(-c3cc4cc(Cl)ccc4[nH]3)s2)cc(OC)c1OC. The van der Waals surface area contributed by atoms with Crippen molar-refractivity contribution in [2.45, 2.75) is 6.92 Å². The molecule has 5 nitrogen and oxygen atoms in total. The highest BCUT2D eigenvalue weighted by atomic mass is 35.5. The highest BCUT2D eigenvalue weighted by Crippen LogP contribution is 2.43. The summed E-state index contributed by atoms with van der Waals surface area (Å²) in [6.07, 6.45) is 0. The van der Waals surface area contributed by atoms with Crippen molar-refractivity contribution >= 4 is 33.8 Å². The molecule has 7 heteroatoms. The number of fused-ring (bicyclic) bond motifs is 1. The molecule has 2 heterocycles. The fourth-order valence-electron chi connectivity index (χ4n) is 3.20. The Morgan fingerprint density at radius 1 is 0.964 bits per heavy atom. The largest absolute Gasteiger partial charge is 0.493 e. The summed E-state index contributed by atoms with van der Waals surface area (Å²) in [5.74, 6) is 1.77. The molecule has 0 bridgehead atoms. The Morgan fingerprint density at radius 3 is 2.32 bits per heavy atom. The molecule has 4 rings (SSSR count). The molecule has 0 unspecified atom stereocenters. The third-order valence-corrected chi connectivity index (χ3v) is 6.01. The second-order valence-electron chi connectivity index (χ2n) is 6.26. The lowest BCUT2D eigenvalue weighted by atomic mass is 10.2. The molecule has 0 radical (unpaired) electrons. The van der Waals surface area contributed by atoms with E-state index in [0.717, 1.165) is 42.8 Å². The first-order valence-electron chi connectivity index (χ1n) is 8.60. The number of aromatic nitrogens is 2. The van der Waals surface area contributed by atoms with Crippen molar-refractivity contribution in [3.63, 3.8) is 0 Å². The summed E-state index contributed by atoms with van der Waals surface area (Å²) < 4.78 is 16.3.